The van der Waals surface area contributed by atoms with Crippen molar-refractivity contribution < 1.29 is 4.74 Å². The van der Waals surface area contributed by atoms with E-state index in [1.54, 1.807) is 0 Å². The molecule has 0 saturated carbocycles. The standard InChI is InChI=1S/C8H15NO/c1-6(2)4-8-9-5-7(3)10-8/h5-8H,4H2,1-3H3/t7-,8+/m0/s1. The maximum absolute atomic E-state index is 5.45. The van der Waals surface area contributed by atoms with Crippen molar-refractivity contribution >= 4 is 6.21 Å². The predicted octanol–water partition coefficient (Wildman–Crippen LogP) is 1.85. The average Bonchev–Trinajstić information content (AvgIpc) is 2.13. The van der Waals surface area contributed by atoms with Gasteiger partial charge in [-0.1, -0.05) is 13.8 Å². The summed E-state index contributed by atoms with van der Waals surface area (Å²) < 4.78 is 5.45. The number of rotatable bonds is 2. The second kappa shape index (κ2) is 3.15. The molecule has 0 spiro atoms. The summed E-state index contributed by atoms with van der Waals surface area (Å²) in [5.41, 5.74) is 0. The normalized spacial score (nSPS) is 32.0. The van der Waals surface area contributed by atoms with Crippen molar-refractivity contribution in [3.8, 4) is 0 Å². The Morgan fingerprint density at radius 1 is 1.60 bits per heavy atom. The van der Waals surface area contributed by atoms with E-state index in [1.165, 1.54) is 0 Å². The third-order valence-electron chi connectivity index (χ3n) is 1.51. The summed E-state index contributed by atoms with van der Waals surface area (Å²) in [7, 11) is 0. The number of hydrogen-bond donors (Lipinski definition) is 0. The van der Waals surface area contributed by atoms with Crippen molar-refractivity contribution in [2.45, 2.75) is 39.5 Å². The molecule has 2 nitrogen and oxygen atoms in total. The van der Waals surface area contributed by atoms with E-state index < -0.39 is 0 Å². The maximum atomic E-state index is 5.45. The van der Waals surface area contributed by atoms with Gasteiger partial charge in [0.1, 0.15) is 6.23 Å². The van der Waals surface area contributed by atoms with Crippen molar-refractivity contribution in [2.24, 2.45) is 10.9 Å². The van der Waals surface area contributed by atoms with Crippen LogP contribution in [0.25, 0.3) is 0 Å². The minimum atomic E-state index is 0.134. The molecule has 1 heterocycles. The van der Waals surface area contributed by atoms with Gasteiger partial charge in [-0.2, -0.15) is 0 Å². The second-order valence-corrected chi connectivity index (χ2v) is 3.22. The van der Waals surface area contributed by atoms with E-state index in [1.807, 2.05) is 13.1 Å². The van der Waals surface area contributed by atoms with E-state index in [9.17, 15) is 0 Å². The van der Waals surface area contributed by atoms with Gasteiger partial charge in [0.15, 0.2) is 0 Å². The van der Waals surface area contributed by atoms with Crippen LogP contribution < -0.4 is 0 Å². The second-order valence-electron chi connectivity index (χ2n) is 3.22. The summed E-state index contributed by atoms with van der Waals surface area (Å²) in [6, 6.07) is 0. The molecule has 2 atom stereocenters. The minimum Gasteiger partial charge on any atom is -0.348 e. The third kappa shape index (κ3) is 2.10. The van der Waals surface area contributed by atoms with Gasteiger partial charge < -0.3 is 4.74 Å². The monoisotopic (exact) mass is 141 g/mol. The average molecular weight is 141 g/mol. The Balaban J connectivity index is 2.26. The zero-order chi connectivity index (χ0) is 7.56. The van der Waals surface area contributed by atoms with Crippen LogP contribution in [-0.2, 0) is 4.74 Å². The summed E-state index contributed by atoms with van der Waals surface area (Å²) in [5, 5.41) is 0. The van der Waals surface area contributed by atoms with Gasteiger partial charge in [0, 0.05) is 6.21 Å². The van der Waals surface area contributed by atoms with Crippen LogP contribution in [0, 0.1) is 5.92 Å². The van der Waals surface area contributed by atoms with Crippen LogP contribution in [0.3, 0.4) is 0 Å². The van der Waals surface area contributed by atoms with Crippen LogP contribution in [0.2, 0.25) is 0 Å². The Kier molecular flexibility index (Phi) is 2.44. The number of hydrogen-bond acceptors (Lipinski definition) is 2. The zero-order valence-electron chi connectivity index (χ0n) is 6.87. The lowest BCUT2D eigenvalue weighted by Crippen LogP contribution is -2.12. The fraction of sp³-hybridized carbons (Fsp3) is 0.875. The van der Waals surface area contributed by atoms with E-state index >= 15 is 0 Å². The summed E-state index contributed by atoms with van der Waals surface area (Å²) >= 11 is 0. The molecule has 2 heteroatoms. The molecule has 1 aliphatic rings. The van der Waals surface area contributed by atoms with Gasteiger partial charge in [0.2, 0.25) is 0 Å². The highest BCUT2D eigenvalue weighted by atomic mass is 16.5. The lowest BCUT2D eigenvalue weighted by molar-refractivity contribution is 0.0474. The summed E-state index contributed by atoms with van der Waals surface area (Å²) in [6.07, 6.45) is 3.28. The van der Waals surface area contributed by atoms with Crippen LogP contribution in [-0.4, -0.2) is 18.5 Å². The smallest absolute Gasteiger partial charge is 0.149 e. The van der Waals surface area contributed by atoms with Crippen LogP contribution in [0.1, 0.15) is 27.2 Å². The summed E-state index contributed by atoms with van der Waals surface area (Å²) in [5.74, 6) is 0.674. The predicted molar refractivity (Wildman–Crippen MR) is 42.3 cm³/mol. The molecule has 0 N–H and O–H groups in total. The van der Waals surface area contributed by atoms with Crippen molar-refractivity contribution in [1.29, 1.82) is 0 Å². The molecule has 0 aromatic heterocycles. The van der Waals surface area contributed by atoms with Crippen LogP contribution in [0.5, 0.6) is 0 Å². The Morgan fingerprint density at radius 3 is 2.70 bits per heavy atom. The lowest BCUT2D eigenvalue weighted by Gasteiger charge is -2.10. The first-order valence-electron chi connectivity index (χ1n) is 3.87. The Bertz CT molecular complexity index is 131. The molecule has 0 radical (unpaired) electrons. The van der Waals surface area contributed by atoms with Crippen molar-refractivity contribution in [2.75, 3.05) is 0 Å². The van der Waals surface area contributed by atoms with E-state index in [4.69, 9.17) is 4.74 Å². The Morgan fingerprint density at radius 2 is 2.30 bits per heavy atom. The molecular weight excluding hydrogens is 126 g/mol. The van der Waals surface area contributed by atoms with E-state index in [2.05, 4.69) is 18.8 Å². The Labute approximate surface area is 62.3 Å². The fourth-order valence-electron chi connectivity index (χ4n) is 1.05. The van der Waals surface area contributed by atoms with Gasteiger partial charge in [0.05, 0.1) is 6.10 Å². The van der Waals surface area contributed by atoms with Gasteiger partial charge in [-0.05, 0) is 19.3 Å². The van der Waals surface area contributed by atoms with E-state index in [0.717, 1.165) is 6.42 Å². The van der Waals surface area contributed by atoms with Gasteiger partial charge >= 0.3 is 0 Å². The largest absolute Gasteiger partial charge is 0.348 e. The van der Waals surface area contributed by atoms with Crippen LogP contribution >= 0.6 is 0 Å². The number of nitrogens with zero attached hydrogens (tertiary/aromatic N) is 1. The maximum Gasteiger partial charge on any atom is 0.149 e. The third-order valence-corrected chi connectivity index (χ3v) is 1.51. The molecule has 0 aromatic rings. The summed E-state index contributed by atoms with van der Waals surface area (Å²) in [4.78, 5) is 4.21. The zero-order valence-corrected chi connectivity index (χ0v) is 6.87. The van der Waals surface area contributed by atoms with E-state index in [0.29, 0.717) is 5.92 Å². The molecule has 0 saturated heterocycles. The molecule has 10 heavy (non-hydrogen) atoms. The van der Waals surface area contributed by atoms with Crippen molar-refractivity contribution in [3.05, 3.63) is 0 Å². The van der Waals surface area contributed by atoms with Gasteiger partial charge in [0.25, 0.3) is 0 Å². The quantitative estimate of drug-likeness (QED) is 0.575. The number of aliphatic imine (C=N–C) groups is 1. The first-order chi connectivity index (χ1) is 4.68. The first-order valence-corrected chi connectivity index (χ1v) is 3.87. The SMILES string of the molecule is CC(C)C[C@@H]1N=C[C@H](C)O1. The summed E-state index contributed by atoms with van der Waals surface area (Å²) in [6.45, 7) is 6.38. The molecular formula is C8H15NO. The highest BCUT2D eigenvalue weighted by Gasteiger charge is 2.16. The molecule has 0 amide bonds. The Hall–Kier alpha value is -0.370. The van der Waals surface area contributed by atoms with Crippen molar-refractivity contribution in [3.63, 3.8) is 0 Å². The number of ether oxygens (including phenoxy) is 1. The molecule has 0 aromatic carbocycles. The molecule has 0 fully saturated rings. The van der Waals surface area contributed by atoms with Crippen molar-refractivity contribution in [1.82, 2.24) is 0 Å². The highest BCUT2D eigenvalue weighted by molar-refractivity contribution is 5.64. The molecule has 1 rings (SSSR count). The first kappa shape index (κ1) is 7.73. The van der Waals surface area contributed by atoms with E-state index in [-0.39, 0.29) is 12.3 Å². The molecule has 58 valence electrons. The van der Waals surface area contributed by atoms with Crippen LogP contribution in [0.15, 0.2) is 4.99 Å². The molecule has 0 unspecified atom stereocenters. The lowest BCUT2D eigenvalue weighted by atomic mass is 10.1. The molecule has 0 bridgehead atoms. The van der Waals surface area contributed by atoms with Gasteiger partial charge in [-0.25, -0.2) is 0 Å². The minimum absolute atomic E-state index is 0.134. The molecule has 0 aliphatic carbocycles. The highest BCUT2D eigenvalue weighted by Crippen LogP contribution is 2.14. The molecule has 1 aliphatic heterocycles. The van der Waals surface area contributed by atoms with Gasteiger partial charge in [-0.3, -0.25) is 4.99 Å². The fourth-order valence-corrected chi connectivity index (χ4v) is 1.05. The topological polar surface area (TPSA) is 21.6 Å². The van der Waals surface area contributed by atoms with Gasteiger partial charge in [-0.15, -0.1) is 0 Å². The van der Waals surface area contributed by atoms with Crippen LogP contribution in [0.4, 0.5) is 0 Å².